The Morgan fingerprint density at radius 2 is 2.16 bits per heavy atom. The molecule has 6 nitrogen and oxygen atoms in total. The Balaban J connectivity index is 1.61. The molecule has 1 fully saturated rings. The molecule has 1 N–H and O–H groups in total. The summed E-state index contributed by atoms with van der Waals surface area (Å²) in [6.07, 6.45) is 8.23. The Labute approximate surface area is 149 Å². The van der Waals surface area contributed by atoms with Crippen LogP contribution in [-0.4, -0.2) is 45.5 Å². The number of aromatic nitrogens is 3. The van der Waals surface area contributed by atoms with E-state index in [2.05, 4.69) is 31.8 Å². The molecule has 3 rings (SSSR count). The molecule has 0 unspecified atom stereocenters. The molecule has 1 aliphatic rings. The summed E-state index contributed by atoms with van der Waals surface area (Å²) in [6, 6.07) is 4.20. The fraction of sp³-hybridized carbons (Fsp3) is 0.526. The zero-order valence-corrected chi connectivity index (χ0v) is 15.3. The monoisotopic (exact) mass is 341 g/mol. The van der Waals surface area contributed by atoms with Gasteiger partial charge in [-0.15, -0.1) is 0 Å². The molecule has 0 bridgehead atoms. The van der Waals surface area contributed by atoms with Crippen LogP contribution in [0.5, 0.6) is 0 Å². The topological polar surface area (TPSA) is 63.1 Å². The van der Waals surface area contributed by atoms with Crippen LogP contribution in [0, 0.1) is 12.8 Å². The standard InChI is InChI=1S/C19H27N5O/c1-14-6-7-15(10-21-14)9-18(25)22-11-16-5-4-8-23(2)19(16)17-12-20-13-24(17)3/h6-7,10,12-13,16,19H,4-5,8-9,11H2,1-3H3,(H,22,25)/t16-,19+/m0/s1. The molecular formula is C19H27N5O. The average molecular weight is 341 g/mol. The lowest BCUT2D eigenvalue weighted by atomic mass is 9.87. The molecule has 25 heavy (non-hydrogen) atoms. The van der Waals surface area contributed by atoms with Gasteiger partial charge in [0.1, 0.15) is 0 Å². The average Bonchev–Trinajstić information content (AvgIpc) is 3.01. The maximum Gasteiger partial charge on any atom is 0.224 e. The minimum atomic E-state index is 0.0580. The van der Waals surface area contributed by atoms with E-state index in [0.717, 1.165) is 30.6 Å². The van der Waals surface area contributed by atoms with Gasteiger partial charge >= 0.3 is 0 Å². The number of hydrogen-bond donors (Lipinski definition) is 1. The summed E-state index contributed by atoms with van der Waals surface area (Å²) in [5.41, 5.74) is 3.13. The lowest BCUT2D eigenvalue weighted by molar-refractivity contribution is -0.120. The molecule has 2 aromatic heterocycles. The van der Waals surface area contributed by atoms with Gasteiger partial charge in [0, 0.05) is 31.7 Å². The van der Waals surface area contributed by atoms with Gasteiger partial charge in [0.05, 0.1) is 24.5 Å². The first-order valence-corrected chi connectivity index (χ1v) is 8.89. The summed E-state index contributed by atoms with van der Waals surface area (Å²) in [7, 11) is 4.19. The van der Waals surface area contributed by atoms with E-state index in [1.54, 1.807) is 6.20 Å². The van der Waals surface area contributed by atoms with Crippen LogP contribution in [0.3, 0.4) is 0 Å². The minimum absolute atomic E-state index is 0.0580. The number of piperidine rings is 1. The van der Waals surface area contributed by atoms with Crippen LogP contribution in [0.25, 0.3) is 0 Å². The number of amides is 1. The van der Waals surface area contributed by atoms with E-state index >= 15 is 0 Å². The molecule has 1 amide bonds. The molecule has 1 aliphatic heterocycles. The van der Waals surface area contributed by atoms with Crippen molar-refractivity contribution in [2.75, 3.05) is 20.1 Å². The smallest absolute Gasteiger partial charge is 0.224 e. The molecule has 2 aromatic rings. The molecule has 0 radical (unpaired) electrons. The van der Waals surface area contributed by atoms with E-state index < -0.39 is 0 Å². The van der Waals surface area contributed by atoms with E-state index in [4.69, 9.17) is 0 Å². The van der Waals surface area contributed by atoms with E-state index in [1.165, 1.54) is 5.69 Å². The highest BCUT2D eigenvalue weighted by molar-refractivity contribution is 5.78. The summed E-state index contributed by atoms with van der Waals surface area (Å²) < 4.78 is 2.08. The number of nitrogens with one attached hydrogen (secondary N) is 1. The SMILES string of the molecule is Cc1ccc(CC(=O)NC[C@@H]2CCCN(C)[C@H]2c2cncn2C)cn1. The number of hydrogen-bond acceptors (Lipinski definition) is 4. The molecule has 0 aromatic carbocycles. The van der Waals surface area contributed by atoms with Gasteiger partial charge in [0.25, 0.3) is 0 Å². The number of carbonyl (C=O) groups is 1. The number of nitrogens with zero attached hydrogens (tertiary/aromatic N) is 4. The third-order valence-electron chi connectivity index (χ3n) is 5.06. The first-order valence-electron chi connectivity index (χ1n) is 8.89. The number of carbonyl (C=O) groups excluding carboxylic acids is 1. The van der Waals surface area contributed by atoms with Crippen LogP contribution < -0.4 is 5.32 Å². The zero-order chi connectivity index (χ0) is 17.8. The largest absolute Gasteiger partial charge is 0.355 e. The first-order chi connectivity index (χ1) is 12.0. The lowest BCUT2D eigenvalue weighted by Gasteiger charge is -2.39. The fourth-order valence-electron chi connectivity index (χ4n) is 3.69. The number of aryl methyl sites for hydroxylation is 2. The second-order valence-corrected chi connectivity index (χ2v) is 7.05. The Kier molecular flexibility index (Phi) is 5.48. The van der Waals surface area contributed by atoms with Gasteiger partial charge in [-0.3, -0.25) is 14.7 Å². The second kappa shape index (κ2) is 7.78. The van der Waals surface area contributed by atoms with Crippen LogP contribution in [0.2, 0.25) is 0 Å². The number of imidazole rings is 1. The Bertz CT molecular complexity index is 709. The number of rotatable bonds is 5. The van der Waals surface area contributed by atoms with Crippen molar-refractivity contribution in [3.63, 3.8) is 0 Å². The summed E-state index contributed by atoms with van der Waals surface area (Å²) in [6.45, 7) is 3.72. The highest BCUT2D eigenvalue weighted by atomic mass is 16.1. The predicted octanol–water partition coefficient (Wildman–Crippen LogP) is 1.87. The van der Waals surface area contributed by atoms with Crippen LogP contribution in [0.4, 0.5) is 0 Å². The van der Waals surface area contributed by atoms with Crippen molar-refractivity contribution < 1.29 is 4.79 Å². The van der Waals surface area contributed by atoms with Crippen molar-refractivity contribution in [3.8, 4) is 0 Å². The van der Waals surface area contributed by atoms with Crippen LogP contribution in [0.15, 0.2) is 30.9 Å². The molecule has 3 heterocycles. The van der Waals surface area contributed by atoms with Gasteiger partial charge in [-0.25, -0.2) is 4.98 Å². The fourth-order valence-corrected chi connectivity index (χ4v) is 3.69. The summed E-state index contributed by atoms with van der Waals surface area (Å²) in [5, 5.41) is 3.12. The van der Waals surface area contributed by atoms with Crippen molar-refractivity contribution >= 4 is 5.91 Å². The maximum atomic E-state index is 12.3. The van der Waals surface area contributed by atoms with Crippen molar-refractivity contribution in [2.45, 2.75) is 32.2 Å². The predicted molar refractivity (Wildman–Crippen MR) is 97.0 cm³/mol. The molecule has 0 spiro atoms. The Hall–Kier alpha value is -2.21. The van der Waals surface area contributed by atoms with E-state index in [1.807, 2.05) is 38.6 Å². The summed E-state index contributed by atoms with van der Waals surface area (Å²) in [5.74, 6) is 0.455. The highest BCUT2D eigenvalue weighted by Crippen LogP contribution is 2.34. The highest BCUT2D eigenvalue weighted by Gasteiger charge is 2.32. The molecule has 6 heteroatoms. The van der Waals surface area contributed by atoms with Gasteiger partial charge in [-0.2, -0.15) is 0 Å². The van der Waals surface area contributed by atoms with Gasteiger partial charge in [0.15, 0.2) is 0 Å². The third kappa shape index (κ3) is 4.25. The van der Waals surface area contributed by atoms with E-state index in [0.29, 0.717) is 24.9 Å². The van der Waals surface area contributed by atoms with Crippen molar-refractivity contribution in [1.29, 1.82) is 0 Å². The van der Waals surface area contributed by atoms with Crippen molar-refractivity contribution in [1.82, 2.24) is 24.8 Å². The summed E-state index contributed by atoms with van der Waals surface area (Å²) in [4.78, 5) is 23.2. The van der Waals surface area contributed by atoms with Gasteiger partial charge < -0.3 is 9.88 Å². The second-order valence-electron chi connectivity index (χ2n) is 7.05. The molecular weight excluding hydrogens is 314 g/mol. The third-order valence-corrected chi connectivity index (χ3v) is 5.06. The normalized spacial score (nSPS) is 21.2. The molecule has 2 atom stereocenters. The van der Waals surface area contributed by atoms with E-state index in [-0.39, 0.29) is 5.91 Å². The van der Waals surface area contributed by atoms with Gasteiger partial charge in [-0.05, 0) is 50.9 Å². The van der Waals surface area contributed by atoms with Crippen LogP contribution in [0.1, 0.15) is 35.8 Å². The van der Waals surface area contributed by atoms with Gasteiger partial charge in [0.2, 0.25) is 5.91 Å². The van der Waals surface area contributed by atoms with Crippen molar-refractivity contribution in [3.05, 3.63) is 47.8 Å². The molecule has 0 saturated carbocycles. The molecule has 1 saturated heterocycles. The maximum absolute atomic E-state index is 12.3. The summed E-state index contributed by atoms with van der Waals surface area (Å²) >= 11 is 0. The van der Waals surface area contributed by atoms with Gasteiger partial charge in [-0.1, -0.05) is 6.07 Å². The molecule has 0 aliphatic carbocycles. The molecule has 134 valence electrons. The van der Waals surface area contributed by atoms with Crippen molar-refractivity contribution in [2.24, 2.45) is 13.0 Å². The number of pyridine rings is 1. The first kappa shape index (κ1) is 17.6. The quantitative estimate of drug-likeness (QED) is 0.902. The van der Waals surface area contributed by atoms with Crippen LogP contribution >= 0.6 is 0 Å². The lowest BCUT2D eigenvalue weighted by Crippen LogP contribution is -2.42. The Morgan fingerprint density at radius 1 is 1.32 bits per heavy atom. The van der Waals surface area contributed by atoms with E-state index in [9.17, 15) is 4.79 Å². The Morgan fingerprint density at radius 3 is 2.84 bits per heavy atom. The number of likely N-dealkylation sites (tertiary alicyclic amines) is 1. The zero-order valence-electron chi connectivity index (χ0n) is 15.3. The minimum Gasteiger partial charge on any atom is -0.355 e. The van der Waals surface area contributed by atoms with Crippen LogP contribution in [-0.2, 0) is 18.3 Å².